The second-order valence-electron chi connectivity index (χ2n) is 5.75. The highest BCUT2D eigenvalue weighted by Gasteiger charge is 2.39. The van der Waals surface area contributed by atoms with Gasteiger partial charge < -0.3 is 20.6 Å². The van der Waals surface area contributed by atoms with E-state index in [-0.39, 0.29) is 4.90 Å². The second-order valence-corrected chi connectivity index (χ2v) is 7.73. The third kappa shape index (κ3) is 3.22. The fourth-order valence-electron chi connectivity index (χ4n) is 2.66. The molecule has 2 rings (SSSR count). The Morgan fingerprint density at radius 1 is 1.12 bits per heavy atom. The molecule has 0 bridgehead atoms. The van der Waals surface area contributed by atoms with Crippen molar-refractivity contribution in [3.63, 3.8) is 0 Å². The number of nitrogens with one attached hydrogen (secondary N) is 1. The summed E-state index contributed by atoms with van der Waals surface area (Å²) < 4.78 is 26.1. The Labute approximate surface area is 145 Å². The van der Waals surface area contributed by atoms with Crippen molar-refractivity contribution in [2.75, 3.05) is 26.0 Å². The number of carboxylic acid groups (broad SMARTS) is 1. The van der Waals surface area contributed by atoms with Crippen LogP contribution < -0.4 is 10.6 Å². The molecule has 0 saturated heterocycles. The van der Waals surface area contributed by atoms with Gasteiger partial charge in [-0.1, -0.05) is 24.3 Å². The zero-order valence-corrected chi connectivity index (χ0v) is 14.9. The van der Waals surface area contributed by atoms with Crippen LogP contribution in [0.3, 0.4) is 0 Å². The molecule has 0 spiro atoms. The van der Waals surface area contributed by atoms with Crippen molar-refractivity contribution in [2.24, 2.45) is 5.73 Å². The van der Waals surface area contributed by atoms with E-state index in [2.05, 4.69) is 0 Å². The molecule has 9 heteroatoms. The topological polar surface area (TPSA) is 128 Å². The molecule has 0 aromatic heterocycles. The van der Waals surface area contributed by atoms with Crippen molar-refractivity contribution >= 4 is 38.2 Å². The quantitative estimate of drug-likeness (QED) is 0.531. The van der Waals surface area contributed by atoms with Crippen molar-refractivity contribution in [3.8, 4) is 0 Å². The summed E-state index contributed by atoms with van der Waals surface area (Å²) in [5.74, 6) is -2.25. The van der Waals surface area contributed by atoms with Gasteiger partial charge in [0.05, 0.1) is 4.90 Å². The Kier molecular flexibility index (Phi) is 4.89. The molecule has 0 radical (unpaired) electrons. The average molecular weight is 364 g/mol. The molecular formula is C16H20N4O4S. The molecule has 0 heterocycles. The zero-order chi connectivity index (χ0) is 18.9. The largest absolute Gasteiger partial charge is 0.479 e. The average Bonchev–Trinajstić information content (AvgIpc) is 2.52. The van der Waals surface area contributed by atoms with E-state index in [0.29, 0.717) is 15.7 Å². The van der Waals surface area contributed by atoms with Gasteiger partial charge in [0.25, 0.3) is 0 Å². The molecule has 0 aliphatic heterocycles. The highest BCUT2D eigenvalue weighted by atomic mass is 32.2. The Morgan fingerprint density at radius 3 is 2.20 bits per heavy atom. The lowest BCUT2D eigenvalue weighted by molar-refractivity contribution is -0.138. The van der Waals surface area contributed by atoms with E-state index in [1.54, 1.807) is 24.3 Å². The van der Waals surface area contributed by atoms with Gasteiger partial charge >= 0.3 is 5.97 Å². The molecule has 0 aliphatic carbocycles. The summed E-state index contributed by atoms with van der Waals surface area (Å²) >= 11 is 0. The molecule has 4 N–H and O–H groups in total. The van der Waals surface area contributed by atoms with Crippen LogP contribution in [-0.4, -0.2) is 56.9 Å². The van der Waals surface area contributed by atoms with Gasteiger partial charge in [-0.3, -0.25) is 5.41 Å². The van der Waals surface area contributed by atoms with Gasteiger partial charge in [-0.25, -0.2) is 13.2 Å². The van der Waals surface area contributed by atoms with Gasteiger partial charge in [0.2, 0.25) is 15.2 Å². The summed E-state index contributed by atoms with van der Waals surface area (Å²) in [5, 5.41) is 15.9. The molecule has 134 valence electrons. The number of guanidine groups is 1. The normalized spacial score (nSPS) is 12.6. The third-order valence-corrected chi connectivity index (χ3v) is 5.96. The Hall–Kier alpha value is -2.81. The lowest BCUT2D eigenvalue weighted by Gasteiger charge is -2.25. The van der Waals surface area contributed by atoms with E-state index >= 15 is 0 Å². The van der Waals surface area contributed by atoms with Gasteiger partial charge in [-0.2, -0.15) is 0 Å². The summed E-state index contributed by atoms with van der Waals surface area (Å²) in [5.41, 5.74) is 6.11. The number of carbonyl (C=O) groups is 1. The van der Waals surface area contributed by atoms with E-state index in [9.17, 15) is 18.3 Å². The highest BCUT2D eigenvalue weighted by molar-refractivity contribution is 7.93. The van der Waals surface area contributed by atoms with Gasteiger partial charge in [-0.15, -0.1) is 0 Å². The molecule has 2 aromatic rings. The van der Waals surface area contributed by atoms with E-state index in [1.807, 2.05) is 25.1 Å². The molecule has 2 aromatic carbocycles. The maximum Gasteiger partial charge on any atom is 0.342 e. The highest BCUT2D eigenvalue weighted by Crippen LogP contribution is 2.32. The van der Waals surface area contributed by atoms with Crippen molar-refractivity contribution < 1.29 is 18.3 Å². The minimum Gasteiger partial charge on any atom is -0.479 e. The van der Waals surface area contributed by atoms with Crippen LogP contribution in [0, 0.1) is 5.41 Å². The molecule has 25 heavy (non-hydrogen) atoms. The van der Waals surface area contributed by atoms with Gasteiger partial charge in [-0.05, 0) is 12.1 Å². The number of fused-ring (bicyclic) bond motifs is 1. The van der Waals surface area contributed by atoms with E-state index in [1.165, 1.54) is 6.07 Å². The molecule has 8 nitrogen and oxygen atoms in total. The Morgan fingerprint density at radius 2 is 1.68 bits per heavy atom. The number of benzene rings is 2. The number of hydrogen-bond donors (Lipinski definition) is 3. The minimum atomic E-state index is -4.33. The van der Waals surface area contributed by atoms with Crippen LogP contribution in [-0.2, 0) is 14.6 Å². The van der Waals surface area contributed by atoms with Crippen LogP contribution in [0.15, 0.2) is 41.3 Å². The van der Waals surface area contributed by atoms with Crippen LogP contribution in [0.2, 0.25) is 0 Å². The molecule has 1 unspecified atom stereocenters. The predicted octanol–water partition coefficient (Wildman–Crippen LogP) is 0.915. The second kappa shape index (κ2) is 6.60. The van der Waals surface area contributed by atoms with Gasteiger partial charge in [0, 0.05) is 37.6 Å². The molecule has 0 aliphatic rings. The van der Waals surface area contributed by atoms with Gasteiger partial charge in [0.1, 0.15) is 0 Å². The summed E-state index contributed by atoms with van der Waals surface area (Å²) in [6.07, 6.45) is 0. The number of nitrogens with two attached hydrogens (primary N) is 1. The lowest BCUT2D eigenvalue weighted by Crippen LogP contribution is -2.49. The fourth-order valence-corrected chi connectivity index (χ4v) is 4.44. The first-order valence-corrected chi connectivity index (χ1v) is 8.86. The maximum atomic E-state index is 13.0. The number of likely N-dealkylation sites (N-methyl/N-ethyl adjacent to an activating group) is 1. The number of carboxylic acids is 1. The summed E-state index contributed by atoms with van der Waals surface area (Å²) in [4.78, 5) is 14.0. The number of aliphatic carboxylic acids is 1. The molecule has 0 saturated carbocycles. The minimum absolute atomic E-state index is 0.116. The van der Waals surface area contributed by atoms with Crippen molar-refractivity contribution in [1.29, 1.82) is 5.41 Å². The monoisotopic (exact) mass is 364 g/mol. The van der Waals surface area contributed by atoms with Crippen molar-refractivity contribution in [1.82, 2.24) is 4.90 Å². The molecular weight excluding hydrogens is 344 g/mol. The summed E-state index contributed by atoms with van der Waals surface area (Å²) in [6, 6.07) is 9.88. The Bertz CT molecular complexity index is 940. The number of anilines is 1. The van der Waals surface area contributed by atoms with E-state index in [4.69, 9.17) is 11.1 Å². The van der Waals surface area contributed by atoms with Gasteiger partial charge in [0.15, 0.2) is 5.96 Å². The first-order valence-electron chi connectivity index (χ1n) is 7.31. The number of nitrogens with zero attached hydrogens (tertiary/aromatic N) is 2. The molecule has 0 fully saturated rings. The number of sulfone groups is 1. The summed E-state index contributed by atoms with van der Waals surface area (Å²) in [6.45, 7) is 0. The lowest BCUT2D eigenvalue weighted by atomic mass is 10.1. The van der Waals surface area contributed by atoms with Crippen LogP contribution >= 0.6 is 0 Å². The fraction of sp³-hybridized carbons (Fsp3) is 0.250. The first-order chi connectivity index (χ1) is 11.6. The zero-order valence-electron chi connectivity index (χ0n) is 14.1. The summed E-state index contributed by atoms with van der Waals surface area (Å²) in [7, 11) is 0.501. The van der Waals surface area contributed by atoms with Crippen LogP contribution in [0.1, 0.15) is 0 Å². The Balaban J connectivity index is 2.77. The smallest absolute Gasteiger partial charge is 0.342 e. The maximum absolute atomic E-state index is 13.0. The van der Waals surface area contributed by atoms with Crippen molar-refractivity contribution in [3.05, 3.63) is 36.4 Å². The SMILES string of the molecule is CN(C)c1cccc2c(S(=O)(=O)C(C(=O)O)N(C)C(=N)N)cccc12. The third-order valence-electron chi connectivity index (χ3n) is 3.88. The number of hydrogen-bond acceptors (Lipinski definition) is 5. The van der Waals surface area contributed by atoms with E-state index in [0.717, 1.165) is 12.7 Å². The van der Waals surface area contributed by atoms with Crippen molar-refractivity contribution in [2.45, 2.75) is 10.3 Å². The van der Waals surface area contributed by atoms with Crippen LogP contribution in [0.4, 0.5) is 5.69 Å². The standard InChI is InChI=1S/C16H20N4O4S/c1-19(2)12-8-4-7-11-10(12)6-5-9-13(11)25(23,24)14(15(21)22)20(3)16(17)18/h4-9,14H,1-3H3,(H3,17,18)(H,21,22). The molecule has 0 amide bonds. The van der Waals surface area contributed by atoms with E-state index < -0.39 is 27.1 Å². The first kappa shape index (κ1) is 18.5. The van der Waals surface area contributed by atoms with Crippen LogP contribution in [0.5, 0.6) is 0 Å². The number of rotatable bonds is 5. The predicted molar refractivity (Wildman–Crippen MR) is 96.6 cm³/mol. The molecule has 1 atom stereocenters. The van der Waals surface area contributed by atoms with Crippen LogP contribution in [0.25, 0.3) is 10.8 Å².